The molecule has 584 valence electrons. The minimum Gasteiger partial charge on any atom is -0.462 e. The van der Waals surface area contributed by atoms with Gasteiger partial charge in [0.2, 0.25) is 0 Å². The molecule has 102 heavy (non-hydrogen) atoms. The van der Waals surface area contributed by atoms with Crippen molar-refractivity contribution in [2.75, 3.05) is 39.6 Å². The van der Waals surface area contributed by atoms with E-state index in [2.05, 4.69) is 149 Å². The normalized spacial score (nSPS) is 14.6. The van der Waals surface area contributed by atoms with Crippen molar-refractivity contribution >= 4 is 39.5 Å². The highest BCUT2D eigenvalue weighted by Crippen LogP contribution is 2.45. The molecule has 17 nitrogen and oxygen atoms in total. The third kappa shape index (κ3) is 73.5. The minimum atomic E-state index is -5.00. The summed E-state index contributed by atoms with van der Waals surface area (Å²) in [4.78, 5) is 73.0. The van der Waals surface area contributed by atoms with E-state index >= 15 is 0 Å². The summed E-state index contributed by atoms with van der Waals surface area (Å²) in [5, 5.41) is 10.6. The maximum absolute atomic E-state index is 13.1. The van der Waals surface area contributed by atoms with Gasteiger partial charge in [0.25, 0.3) is 0 Å². The molecular weight excluding hydrogens is 1330 g/mol. The van der Waals surface area contributed by atoms with Gasteiger partial charge in [0.15, 0.2) is 12.2 Å². The molecule has 0 fully saturated rings. The summed E-state index contributed by atoms with van der Waals surface area (Å²) in [6.45, 7) is 4.46. The number of carbonyl (C=O) groups is 4. The number of hydrogen-bond donors (Lipinski definition) is 3. The van der Waals surface area contributed by atoms with Crippen molar-refractivity contribution in [1.82, 2.24) is 0 Å². The van der Waals surface area contributed by atoms with Crippen LogP contribution in [0, 0.1) is 0 Å². The standard InChI is InChI=1S/C83H140O17P2/c1-5-9-13-17-21-25-29-33-36-38-41-45-48-52-56-60-64-68-81(86)94-74-79(100-83(88)70-66-62-58-54-50-46-42-39-37-34-30-26-22-18-14-10-6-2)76-98-102(91,92)96-72-77(84)71-95-101(89,90)97-75-78(99-82(87)69-65-61-57-53-49-43-32-28-24-20-16-12-8-4)73-93-80(85)67-63-59-55-51-47-44-40-35-31-27-23-19-15-11-7-3/h9-11,13-15,21-23,25-27,33-37,40-41,45,52,56,77-79,84H,5-8,12,16-20,24,28-32,38-39,42-44,46-51,53-55,57-76H2,1-4H3,(H,89,90)(H,91,92)/b13-9-,14-10-,15-11-,25-21-,26-22-,27-23-,36-33-,37-34-,40-35-,45-41-,56-52-. The first kappa shape index (κ1) is 97.2. The summed E-state index contributed by atoms with van der Waals surface area (Å²) in [6, 6.07) is 0. The second-order valence-electron chi connectivity index (χ2n) is 25.9. The van der Waals surface area contributed by atoms with Crippen molar-refractivity contribution in [2.45, 2.75) is 329 Å². The maximum atomic E-state index is 13.1. The molecule has 19 heteroatoms. The Kier molecular flexibility index (Phi) is 71.0. The molecule has 0 radical (unpaired) electrons. The summed E-state index contributed by atoms with van der Waals surface area (Å²) in [6.07, 6.45) is 82.9. The SMILES string of the molecule is CC/C=C\C/C=C\C/C=C\C/C=C\C/C=C\CCCC(=O)OCC(COP(=O)(O)OCC(O)COP(=O)(O)OCC(COC(=O)CCCCCCC/C=C\C/C=C\C/C=C\CC)OC(=O)CCCCCCCCCCCCCCC)OC(=O)CCCCCCCCC/C=C\C/C=C\C/C=C\CC. The number of esters is 4. The summed E-state index contributed by atoms with van der Waals surface area (Å²) >= 11 is 0. The number of hydrogen-bond acceptors (Lipinski definition) is 15. The Labute approximate surface area is 618 Å². The monoisotopic (exact) mass is 1470 g/mol. The number of ether oxygens (including phenoxy) is 4. The zero-order chi connectivity index (χ0) is 74.6. The van der Waals surface area contributed by atoms with Crippen LogP contribution in [0.15, 0.2) is 134 Å². The van der Waals surface area contributed by atoms with Crippen LogP contribution in [0.3, 0.4) is 0 Å². The summed E-state index contributed by atoms with van der Waals surface area (Å²) in [7, 11) is -9.98. The Hall–Kier alpha value is -4.80. The smallest absolute Gasteiger partial charge is 0.462 e. The van der Waals surface area contributed by atoms with Crippen molar-refractivity contribution < 1.29 is 80.2 Å². The van der Waals surface area contributed by atoms with Gasteiger partial charge in [0, 0.05) is 25.7 Å². The highest BCUT2D eigenvalue weighted by molar-refractivity contribution is 7.47. The Morgan fingerprint density at radius 2 is 0.520 bits per heavy atom. The predicted octanol–water partition coefficient (Wildman–Crippen LogP) is 22.9. The number of phosphoric ester groups is 2. The van der Waals surface area contributed by atoms with Gasteiger partial charge in [-0.25, -0.2) is 9.13 Å². The average Bonchev–Trinajstić information content (AvgIpc) is 0.959. The van der Waals surface area contributed by atoms with Gasteiger partial charge in [-0.05, 0) is 128 Å². The van der Waals surface area contributed by atoms with E-state index in [4.69, 9.17) is 37.0 Å². The molecule has 0 aliphatic heterocycles. The number of unbranched alkanes of at least 4 members (excludes halogenated alkanes) is 25. The van der Waals surface area contributed by atoms with Gasteiger partial charge < -0.3 is 33.8 Å². The minimum absolute atomic E-state index is 0.0683. The van der Waals surface area contributed by atoms with E-state index < -0.39 is 97.5 Å². The first-order chi connectivity index (χ1) is 49.7. The lowest BCUT2D eigenvalue weighted by atomic mass is 10.0. The van der Waals surface area contributed by atoms with Crippen LogP contribution in [-0.4, -0.2) is 96.7 Å². The summed E-state index contributed by atoms with van der Waals surface area (Å²) < 4.78 is 68.5. The van der Waals surface area contributed by atoms with Gasteiger partial charge in [-0.2, -0.15) is 0 Å². The predicted molar refractivity (Wildman–Crippen MR) is 418 cm³/mol. The lowest BCUT2D eigenvalue weighted by Crippen LogP contribution is -2.30. The summed E-state index contributed by atoms with van der Waals surface area (Å²) in [5.74, 6) is -2.27. The number of phosphoric acid groups is 2. The van der Waals surface area contributed by atoms with E-state index in [1.807, 2.05) is 12.2 Å². The highest BCUT2D eigenvalue weighted by Gasteiger charge is 2.30. The largest absolute Gasteiger partial charge is 0.472 e. The van der Waals surface area contributed by atoms with Crippen molar-refractivity contribution in [3.63, 3.8) is 0 Å². The highest BCUT2D eigenvalue weighted by atomic mass is 31.2. The second kappa shape index (κ2) is 74.5. The fourth-order valence-electron chi connectivity index (χ4n) is 10.2. The van der Waals surface area contributed by atoms with Crippen LogP contribution in [0.2, 0.25) is 0 Å². The summed E-state index contributed by atoms with van der Waals surface area (Å²) in [5.41, 5.74) is 0. The average molecular weight is 1470 g/mol. The fraction of sp³-hybridized carbons (Fsp3) is 0.687. The van der Waals surface area contributed by atoms with Gasteiger partial charge in [0.05, 0.1) is 26.4 Å². The molecule has 5 atom stereocenters. The number of rotatable bonds is 73. The number of allylic oxidation sites excluding steroid dienone is 22. The quantitative estimate of drug-likeness (QED) is 0.0169. The molecule has 0 aliphatic rings. The van der Waals surface area contributed by atoms with E-state index in [0.717, 1.165) is 173 Å². The third-order valence-electron chi connectivity index (χ3n) is 16.1. The molecule has 0 aliphatic carbocycles. The topological polar surface area (TPSA) is 237 Å². The van der Waals surface area contributed by atoms with Gasteiger partial charge in [-0.15, -0.1) is 0 Å². The van der Waals surface area contributed by atoms with Gasteiger partial charge in [0.1, 0.15) is 19.3 Å². The maximum Gasteiger partial charge on any atom is 0.472 e. The van der Waals surface area contributed by atoms with Crippen molar-refractivity contribution in [3.8, 4) is 0 Å². The fourth-order valence-corrected chi connectivity index (χ4v) is 11.8. The van der Waals surface area contributed by atoms with E-state index in [1.165, 1.54) is 51.4 Å². The van der Waals surface area contributed by atoms with Crippen LogP contribution < -0.4 is 0 Å². The lowest BCUT2D eigenvalue weighted by Gasteiger charge is -2.21. The molecule has 0 saturated carbocycles. The van der Waals surface area contributed by atoms with Crippen LogP contribution in [0.1, 0.15) is 310 Å². The first-order valence-corrected chi connectivity index (χ1v) is 42.4. The molecule has 0 aromatic rings. The second-order valence-corrected chi connectivity index (χ2v) is 28.8. The van der Waals surface area contributed by atoms with Crippen molar-refractivity contribution in [3.05, 3.63) is 134 Å². The zero-order valence-corrected chi connectivity index (χ0v) is 65.5. The van der Waals surface area contributed by atoms with Gasteiger partial charge >= 0.3 is 39.5 Å². The van der Waals surface area contributed by atoms with E-state index in [0.29, 0.717) is 32.1 Å². The van der Waals surface area contributed by atoms with Crippen LogP contribution in [0.4, 0.5) is 0 Å². The molecule has 5 unspecified atom stereocenters. The van der Waals surface area contributed by atoms with Crippen LogP contribution in [-0.2, 0) is 65.4 Å². The first-order valence-electron chi connectivity index (χ1n) is 39.4. The molecule has 0 aromatic heterocycles. The van der Waals surface area contributed by atoms with Gasteiger partial charge in [-0.3, -0.25) is 37.3 Å². The molecule has 0 spiro atoms. The Bertz CT molecular complexity index is 2460. The van der Waals surface area contributed by atoms with E-state index in [9.17, 15) is 43.2 Å². The Morgan fingerprint density at radius 3 is 0.824 bits per heavy atom. The molecule has 0 amide bonds. The van der Waals surface area contributed by atoms with Crippen molar-refractivity contribution in [2.24, 2.45) is 0 Å². The molecule has 3 N–H and O–H groups in total. The zero-order valence-electron chi connectivity index (χ0n) is 63.7. The molecule has 0 aromatic carbocycles. The molecule has 0 rings (SSSR count). The Morgan fingerprint density at radius 1 is 0.284 bits per heavy atom. The van der Waals surface area contributed by atoms with E-state index in [-0.39, 0.29) is 25.7 Å². The van der Waals surface area contributed by atoms with Crippen LogP contribution >= 0.6 is 15.6 Å². The molecule has 0 bridgehead atoms. The third-order valence-corrected chi connectivity index (χ3v) is 18.0. The van der Waals surface area contributed by atoms with E-state index in [1.54, 1.807) is 0 Å². The van der Waals surface area contributed by atoms with Crippen LogP contribution in [0.25, 0.3) is 0 Å². The molecular formula is C83H140O17P2. The number of carbonyl (C=O) groups excluding carboxylic acids is 4. The lowest BCUT2D eigenvalue weighted by molar-refractivity contribution is -0.161. The molecule has 0 heterocycles. The molecule has 0 saturated heterocycles. The number of aliphatic hydroxyl groups excluding tert-OH is 1. The number of aliphatic hydroxyl groups is 1. The van der Waals surface area contributed by atoms with Gasteiger partial charge in [-0.1, -0.05) is 290 Å². The van der Waals surface area contributed by atoms with Crippen LogP contribution in [0.5, 0.6) is 0 Å². The van der Waals surface area contributed by atoms with Crippen molar-refractivity contribution in [1.29, 1.82) is 0 Å². The Balaban J connectivity index is 5.42.